The van der Waals surface area contributed by atoms with E-state index in [1.54, 1.807) is 0 Å². The van der Waals surface area contributed by atoms with Gasteiger partial charge in [-0.1, -0.05) is 316 Å². The Morgan fingerprint density at radius 2 is 0.703 bits per heavy atom. The van der Waals surface area contributed by atoms with Gasteiger partial charge in [0.25, 0.3) is 7.82 Å². The number of nitrogens with zero attached hydrogens (tertiary/aromatic N) is 1. The van der Waals surface area contributed by atoms with Gasteiger partial charge in [0, 0.05) is 12.8 Å². The quantitative estimate of drug-likeness (QED) is 0.0212. The number of hydrogen-bond acceptors (Lipinski definition) is 7. The fraction of sp³-hybridized carbons (Fsp3) is 0.728. The van der Waals surface area contributed by atoms with Gasteiger partial charge >= 0.3 is 5.97 Å². The number of rotatable bonds is 68. The maximum absolute atomic E-state index is 13.6. The first-order chi connectivity index (χ1) is 44.4. The minimum absolute atomic E-state index is 0.0289. The van der Waals surface area contributed by atoms with Gasteiger partial charge in [-0.25, -0.2) is 0 Å². The van der Waals surface area contributed by atoms with Crippen LogP contribution in [0.3, 0.4) is 0 Å². The first-order valence-electron chi connectivity index (χ1n) is 37.8. The molecular weight excluding hydrogens is 1140 g/mol. The molecular formula is C81H143N2O7P. The van der Waals surface area contributed by atoms with Crippen molar-refractivity contribution < 1.29 is 37.3 Å². The molecule has 3 unspecified atom stereocenters. The van der Waals surface area contributed by atoms with Crippen LogP contribution in [0, 0.1) is 0 Å². The van der Waals surface area contributed by atoms with Crippen LogP contribution >= 0.6 is 7.82 Å². The summed E-state index contributed by atoms with van der Waals surface area (Å²) in [5.41, 5.74) is 0. The molecule has 0 heterocycles. The van der Waals surface area contributed by atoms with Gasteiger partial charge in [0.15, 0.2) is 0 Å². The van der Waals surface area contributed by atoms with E-state index in [-0.39, 0.29) is 24.9 Å². The molecule has 1 amide bonds. The van der Waals surface area contributed by atoms with Crippen molar-refractivity contribution in [2.45, 2.75) is 341 Å². The van der Waals surface area contributed by atoms with Crippen molar-refractivity contribution in [3.8, 4) is 0 Å². The lowest BCUT2D eigenvalue weighted by molar-refractivity contribution is -0.870. The van der Waals surface area contributed by atoms with Crippen molar-refractivity contribution >= 4 is 19.7 Å². The van der Waals surface area contributed by atoms with Crippen LogP contribution in [0.5, 0.6) is 0 Å². The Bertz CT molecular complexity index is 1970. The number of phosphoric acid groups is 1. The summed E-state index contributed by atoms with van der Waals surface area (Å²) in [6, 6.07) is -0.902. The lowest BCUT2D eigenvalue weighted by Gasteiger charge is -2.30. The number of carbonyl (C=O) groups is 2. The van der Waals surface area contributed by atoms with Crippen LogP contribution in [-0.4, -0.2) is 69.4 Å². The standard InChI is InChI=1S/C81H143N2O7P/c1-7-10-13-16-19-22-25-28-30-32-34-36-38-40-41-43-44-46-48-50-52-55-58-61-64-67-70-73-80(84)82-78(77-89-91(86,87)88-76-75-83(4,5)6)79(72-69-66-63-60-57-54-27-24-21-18-15-12-9-3)90-81(85)74-71-68-65-62-59-56-53-51-49-47-45-42-39-37-35-33-31-29-26-23-20-17-14-11-8-2/h11,14,19-20,22-23,28-31,34-37,40-42,45,69,72,78-79H,7-10,12-13,15-18,21,24-27,32-33,38-39,43-44,46-68,70-71,73-77H2,1-6H3,(H-,82,84,86,87)/b14-11-,22-19-,23-20-,30-28-,31-29-,36-34-,37-35-,41-40-,45-42-,72-69+. The fourth-order valence-electron chi connectivity index (χ4n) is 10.6. The molecule has 0 saturated heterocycles. The summed E-state index contributed by atoms with van der Waals surface area (Å²) in [6.45, 7) is 6.72. The fourth-order valence-corrected chi connectivity index (χ4v) is 11.3. The van der Waals surface area contributed by atoms with E-state index in [0.29, 0.717) is 17.4 Å². The first-order valence-corrected chi connectivity index (χ1v) is 39.3. The van der Waals surface area contributed by atoms with E-state index in [1.165, 1.54) is 167 Å². The molecule has 3 atom stereocenters. The summed E-state index contributed by atoms with van der Waals surface area (Å²) in [6.07, 6.45) is 97.5. The molecule has 0 bridgehead atoms. The van der Waals surface area contributed by atoms with Gasteiger partial charge in [0.05, 0.1) is 33.8 Å². The second-order valence-corrected chi connectivity index (χ2v) is 27.8. The van der Waals surface area contributed by atoms with Crippen LogP contribution in [0.2, 0.25) is 0 Å². The molecule has 1 N–H and O–H groups in total. The second-order valence-electron chi connectivity index (χ2n) is 26.4. The Balaban J connectivity index is 5.07. The zero-order chi connectivity index (χ0) is 66.3. The number of carbonyl (C=O) groups excluding carboxylic acids is 2. The van der Waals surface area contributed by atoms with Crippen LogP contribution in [0.4, 0.5) is 0 Å². The maximum atomic E-state index is 13.6. The predicted molar refractivity (Wildman–Crippen MR) is 394 cm³/mol. The van der Waals surface area contributed by atoms with Crippen molar-refractivity contribution in [3.63, 3.8) is 0 Å². The number of phosphoric ester groups is 1. The Hall–Kier alpha value is -3.59. The molecule has 0 aromatic heterocycles. The number of likely N-dealkylation sites (N-methyl/N-ethyl adjacent to an activating group) is 1. The zero-order valence-corrected chi connectivity index (χ0v) is 60.9. The number of amides is 1. The van der Waals surface area contributed by atoms with Gasteiger partial charge in [-0.2, -0.15) is 0 Å². The summed E-state index contributed by atoms with van der Waals surface area (Å²) in [5.74, 6) is -0.549. The second kappa shape index (κ2) is 69.2. The van der Waals surface area contributed by atoms with E-state index in [0.717, 1.165) is 128 Å². The number of nitrogens with one attached hydrogen (secondary N) is 1. The third kappa shape index (κ3) is 70.6. The lowest BCUT2D eigenvalue weighted by Crippen LogP contribution is -2.47. The normalized spacial score (nSPS) is 14.1. The van der Waals surface area contributed by atoms with Crippen LogP contribution in [0.25, 0.3) is 0 Å². The minimum atomic E-state index is -4.72. The Morgan fingerprint density at radius 3 is 1.08 bits per heavy atom. The van der Waals surface area contributed by atoms with Crippen LogP contribution in [0.15, 0.2) is 122 Å². The van der Waals surface area contributed by atoms with E-state index in [1.807, 2.05) is 33.3 Å². The molecule has 0 saturated carbocycles. The van der Waals surface area contributed by atoms with Gasteiger partial charge in [-0.05, 0) is 122 Å². The minimum Gasteiger partial charge on any atom is -0.756 e. The highest BCUT2D eigenvalue weighted by Gasteiger charge is 2.27. The van der Waals surface area contributed by atoms with Crippen molar-refractivity contribution in [3.05, 3.63) is 122 Å². The molecule has 0 aromatic rings. The van der Waals surface area contributed by atoms with Gasteiger partial charge in [0.2, 0.25) is 5.91 Å². The molecule has 0 spiro atoms. The third-order valence-corrected chi connectivity index (χ3v) is 17.3. The summed E-state index contributed by atoms with van der Waals surface area (Å²) < 4.78 is 30.5. The van der Waals surface area contributed by atoms with Crippen LogP contribution in [0.1, 0.15) is 329 Å². The summed E-state index contributed by atoms with van der Waals surface area (Å²) in [5, 5.41) is 3.05. The largest absolute Gasteiger partial charge is 0.756 e. The average molecular weight is 1290 g/mol. The smallest absolute Gasteiger partial charge is 0.306 e. The predicted octanol–water partition coefficient (Wildman–Crippen LogP) is 23.9. The number of esters is 1. The third-order valence-electron chi connectivity index (χ3n) is 16.4. The molecule has 91 heavy (non-hydrogen) atoms. The average Bonchev–Trinajstić information content (AvgIpc) is 3.70. The van der Waals surface area contributed by atoms with Gasteiger partial charge in [-0.15, -0.1) is 0 Å². The van der Waals surface area contributed by atoms with Gasteiger partial charge in [-0.3, -0.25) is 14.2 Å². The molecule has 0 rings (SSSR count). The number of unbranched alkanes of at least 4 members (excludes halogenated alkanes) is 34. The monoisotopic (exact) mass is 1290 g/mol. The van der Waals surface area contributed by atoms with Crippen molar-refractivity contribution in [2.24, 2.45) is 0 Å². The van der Waals surface area contributed by atoms with Gasteiger partial charge in [0.1, 0.15) is 19.3 Å². The summed E-state index contributed by atoms with van der Waals surface area (Å²) in [4.78, 5) is 40.3. The van der Waals surface area contributed by atoms with E-state index in [2.05, 4.69) is 135 Å². The Kier molecular flexibility index (Phi) is 66.5. The number of hydrogen-bond donors (Lipinski definition) is 1. The van der Waals surface area contributed by atoms with Crippen molar-refractivity contribution in [2.75, 3.05) is 40.9 Å². The molecule has 0 aliphatic carbocycles. The molecule has 0 fully saturated rings. The van der Waals surface area contributed by atoms with Crippen molar-refractivity contribution in [1.29, 1.82) is 0 Å². The van der Waals surface area contributed by atoms with Crippen LogP contribution < -0.4 is 10.2 Å². The lowest BCUT2D eigenvalue weighted by atomic mass is 10.0. The highest BCUT2D eigenvalue weighted by Crippen LogP contribution is 2.38. The SMILES string of the molecule is CC/C=C\C/C=C\C/C=C\C/C=C\C/C=C\CCCCCCCCCCCC(=O)OC(/C=C/CCCCCCCCCCCCC)C(COP(=O)([O-])OCC[N+](C)(C)C)NC(=O)CCCCCCCCCCCCC/C=C\C/C=C\C/C=C\C/C=C\CCCCC. The Morgan fingerprint density at radius 1 is 0.396 bits per heavy atom. The maximum Gasteiger partial charge on any atom is 0.306 e. The highest BCUT2D eigenvalue weighted by molar-refractivity contribution is 7.45. The van der Waals surface area contributed by atoms with E-state index in [9.17, 15) is 19.0 Å². The molecule has 524 valence electrons. The summed E-state index contributed by atoms with van der Waals surface area (Å²) in [7, 11) is 1.17. The molecule has 0 aliphatic rings. The molecule has 0 aromatic carbocycles. The zero-order valence-electron chi connectivity index (χ0n) is 60.0. The topological polar surface area (TPSA) is 114 Å². The van der Waals surface area contributed by atoms with Gasteiger partial charge < -0.3 is 28.5 Å². The van der Waals surface area contributed by atoms with Crippen molar-refractivity contribution in [1.82, 2.24) is 5.32 Å². The molecule has 0 radical (unpaired) electrons. The van der Waals surface area contributed by atoms with E-state index in [4.69, 9.17) is 13.8 Å². The van der Waals surface area contributed by atoms with E-state index >= 15 is 0 Å². The number of allylic oxidation sites excluding steroid dienone is 19. The molecule has 10 heteroatoms. The first kappa shape index (κ1) is 87.4. The Labute approximate surface area is 563 Å². The highest BCUT2D eigenvalue weighted by atomic mass is 31.2. The summed E-state index contributed by atoms with van der Waals surface area (Å²) >= 11 is 0. The molecule has 9 nitrogen and oxygen atoms in total. The number of ether oxygens (including phenoxy) is 1. The van der Waals surface area contributed by atoms with Crippen LogP contribution in [-0.2, 0) is 27.9 Å². The molecule has 0 aliphatic heterocycles. The van der Waals surface area contributed by atoms with E-state index < -0.39 is 26.6 Å². The number of quaternary nitrogens is 1.